The number of aliphatic hydroxyl groups is 1. The van der Waals surface area contributed by atoms with Gasteiger partial charge in [0.25, 0.3) is 0 Å². The van der Waals surface area contributed by atoms with Gasteiger partial charge in [0.15, 0.2) is 0 Å². The second-order valence-electron chi connectivity index (χ2n) is 4.74. The van der Waals surface area contributed by atoms with Gasteiger partial charge in [0.2, 0.25) is 0 Å². The maximum absolute atomic E-state index is 10.8. The number of hydrogen-bond donors (Lipinski definition) is 1. The van der Waals surface area contributed by atoms with Crippen molar-refractivity contribution in [2.45, 2.75) is 6.10 Å². The molecule has 0 amide bonds. The molecule has 0 bridgehead atoms. The fourth-order valence-corrected chi connectivity index (χ4v) is 2.85. The van der Waals surface area contributed by atoms with E-state index in [2.05, 4.69) is 20.9 Å². The Morgan fingerprint density at radius 1 is 1.10 bits per heavy atom. The first-order valence-corrected chi connectivity index (χ1v) is 7.34. The van der Waals surface area contributed by atoms with Crippen LogP contribution in [0.15, 0.2) is 59.3 Å². The molecule has 0 fully saturated rings. The number of aliphatic hydroxyl groups excluding tert-OH is 1. The summed E-state index contributed by atoms with van der Waals surface area (Å²) in [6, 6.07) is 13.4. The van der Waals surface area contributed by atoms with Gasteiger partial charge in [-0.15, -0.1) is 0 Å². The predicted molar refractivity (Wildman–Crippen MR) is 86.5 cm³/mol. The van der Waals surface area contributed by atoms with Gasteiger partial charge in [-0.25, -0.2) is 0 Å². The molecule has 2 aromatic carbocycles. The molecule has 0 radical (unpaired) electrons. The first-order chi connectivity index (χ1) is 10.2. The van der Waals surface area contributed by atoms with E-state index in [0.717, 1.165) is 26.4 Å². The zero-order chi connectivity index (χ0) is 14.8. The summed E-state index contributed by atoms with van der Waals surface area (Å²) in [6.07, 6.45) is 2.73. The molecule has 1 heterocycles. The molecule has 1 unspecified atom stereocenters. The average Bonchev–Trinajstić information content (AvgIpc) is 2.54. The van der Waals surface area contributed by atoms with Gasteiger partial charge in [-0.1, -0.05) is 40.2 Å². The number of methoxy groups -OCH3 is 1. The Kier molecular flexibility index (Phi) is 3.90. The molecule has 4 heteroatoms. The van der Waals surface area contributed by atoms with Crippen LogP contribution in [-0.2, 0) is 0 Å². The number of pyridine rings is 1. The van der Waals surface area contributed by atoms with E-state index in [1.165, 1.54) is 0 Å². The molecule has 0 aliphatic carbocycles. The molecule has 0 saturated heterocycles. The minimum Gasteiger partial charge on any atom is -0.497 e. The van der Waals surface area contributed by atoms with Gasteiger partial charge in [0.05, 0.1) is 7.11 Å². The van der Waals surface area contributed by atoms with Gasteiger partial charge in [-0.2, -0.15) is 0 Å². The number of rotatable bonds is 3. The highest BCUT2D eigenvalue weighted by molar-refractivity contribution is 9.10. The van der Waals surface area contributed by atoms with Gasteiger partial charge in [-0.3, -0.25) is 4.98 Å². The molecular weight excluding hydrogens is 330 g/mol. The van der Waals surface area contributed by atoms with Gasteiger partial charge in [-0.05, 0) is 23.6 Å². The summed E-state index contributed by atoms with van der Waals surface area (Å²) >= 11 is 3.49. The van der Waals surface area contributed by atoms with Crippen molar-refractivity contribution in [3.05, 3.63) is 70.5 Å². The number of ether oxygens (including phenoxy) is 1. The van der Waals surface area contributed by atoms with Crippen molar-refractivity contribution in [1.82, 2.24) is 4.98 Å². The maximum atomic E-state index is 10.8. The molecule has 0 saturated carbocycles. The topological polar surface area (TPSA) is 42.4 Å². The highest BCUT2D eigenvalue weighted by atomic mass is 79.9. The normalized spacial score (nSPS) is 12.3. The third-order valence-electron chi connectivity index (χ3n) is 3.49. The summed E-state index contributed by atoms with van der Waals surface area (Å²) in [5.74, 6) is 0.709. The molecule has 21 heavy (non-hydrogen) atoms. The zero-order valence-corrected chi connectivity index (χ0v) is 13.0. The highest BCUT2D eigenvalue weighted by Crippen LogP contribution is 2.34. The van der Waals surface area contributed by atoms with Crippen molar-refractivity contribution < 1.29 is 9.84 Å². The monoisotopic (exact) mass is 343 g/mol. The van der Waals surface area contributed by atoms with Crippen molar-refractivity contribution >= 4 is 26.7 Å². The average molecular weight is 344 g/mol. The first-order valence-electron chi connectivity index (χ1n) is 6.55. The quantitative estimate of drug-likeness (QED) is 0.778. The largest absolute Gasteiger partial charge is 0.497 e. The standard InChI is InChI=1S/C17H14BrNO2/c1-21-12-6-7-16(18)14(8-12)17(20)15-10-19-9-11-4-2-3-5-13(11)15/h2-10,17,20H,1H3. The fourth-order valence-electron chi connectivity index (χ4n) is 2.38. The molecule has 1 N–H and O–H groups in total. The molecule has 1 atom stereocenters. The van der Waals surface area contributed by atoms with Crippen LogP contribution >= 0.6 is 15.9 Å². The molecule has 0 aliphatic rings. The van der Waals surface area contributed by atoms with E-state index >= 15 is 0 Å². The van der Waals surface area contributed by atoms with Crippen LogP contribution < -0.4 is 4.74 Å². The summed E-state index contributed by atoms with van der Waals surface area (Å²) in [6.45, 7) is 0. The van der Waals surface area contributed by atoms with E-state index in [1.54, 1.807) is 19.5 Å². The van der Waals surface area contributed by atoms with Gasteiger partial charge in [0, 0.05) is 33.4 Å². The lowest BCUT2D eigenvalue weighted by molar-refractivity contribution is 0.220. The summed E-state index contributed by atoms with van der Waals surface area (Å²) in [4.78, 5) is 4.23. The fraction of sp³-hybridized carbons (Fsp3) is 0.118. The van der Waals surface area contributed by atoms with Crippen LogP contribution in [0.2, 0.25) is 0 Å². The molecular formula is C17H14BrNO2. The van der Waals surface area contributed by atoms with Crippen LogP contribution in [-0.4, -0.2) is 17.2 Å². The van der Waals surface area contributed by atoms with Crippen LogP contribution in [0.3, 0.4) is 0 Å². The number of benzene rings is 2. The van der Waals surface area contributed by atoms with Crippen molar-refractivity contribution in [3.63, 3.8) is 0 Å². The maximum Gasteiger partial charge on any atom is 0.119 e. The van der Waals surface area contributed by atoms with Crippen LogP contribution in [0.25, 0.3) is 10.8 Å². The summed E-state index contributed by atoms with van der Waals surface area (Å²) in [5.41, 5.74) is 1.54. The van der Waals surface area contributed by atoms with Crippen LogP contribution in [0.5, 0.6) is 5.75 Å². The molecule has 106 valence electrons. The van der Waals surface area contributed by atoms with E-state index in [0.29, 0.717) is 5.75 Å². The zero-order valence-electron chi connectivity index (χ0n) is 11.5. The van der Waals surface area contributed by atoms with Crippen molar-refractivity contribution in [1.29, 1.82) is 0 Å². The molecule has 3 rings (SSSR count). The predicted octanol–water partition coefficient (Wildman–Crippen LogP) is 4.09. The summed E-state index contributed by atoms with van der Waals surface area (Å²) in [7, 11) is 1.61. The van der Waals surface area contributed by atoms with E-state index < -0.39 is 6.10 Å². The van der Waals surface area contributed by atoms with Crippen LogP contribution in [0.1, 0.15) is 17.2 Å². The number of aromatic nitrogens is 1. The second-order valence-corrected chi connectivity index (χ2v) is 5.59. The minimum absolute atomic E-state index is 0.709. The molecule has 3 nitrogen and oxygen atoms in total. The van der Waals surface area contributed by atoms with E-state index in [1.807, 2.05) is 42.5 Å². The Morgan fingerprint density at radius 2 is 1.90 bits per heavy atom. The number of fused-ring (bicyclic) bond motifs is 1. The SMILES string of the molecule is COc1ccc(Br)c(C(O)c2cncc3ccccc23)c1. The molecule has 0 aliphatic heterocycles. The molecule has 3 aromatic rings. The first kappa shape index (κ1) is 14.0. The Labute approximate surface area is 131 Å². The summed E-state index contributed by atoms with van der Waals surface area (Å²) in [5, 5.41) is 12.8. The smallest absolute Gasteiger partial charge is 0.119 e. The Morgan fingerprint density at radius 3 is 2.71 bits per heavy atom. The lowest BCUT2D eigenvalue weighted by atomic mass is 9.98. The Hall–Kier alpha value is -1.91. The van der Waals surface area contributed by atoms with Crippen molar-refractivity contribution in [2.75, 3.05) is 7.11 Å². The number of hydrogen-bond acceptors (Lipinski definition) is 3. The van der Waals surface area contributed by atoms with Gasteiger partial charge < -0.3 is 9.84 Å². The Bertz CT molecular complexity index is 783. The third kappa shape index (κ3) is 2.64. The van der Waals surface area contributed by atoms with Gasteiger partial charge in [0.1, 0.15) is 11.9 Å². The van der Waals surface area contributed by atoms with Crippen LogP contribution in [0, 0.1) is 0 Å². The van der Waals surface area contributed by atoms with Crippen LogP contribution in [0.4, 0.5) is 0 Å². The number of halogens is 1. The van der Waals surface area contributed by atoms with E-state index in [4.69, 9.17) is 4.74 Å². The third-order valence-corrected chi connectivity index (χ3v) is 4.21. The number of nitrogens with zero attached hydrogens (tertiary/aromatic N) is 1. The molecule has 0 spiro atoms. The minimum atomic E-state index is -0.770. The molecule has 1 aromatic heterocycles. The van der Waals surface area contributed by atoms with E-state index in [-0.39, 0.29) is 0 Å². The van der Waals surface area contributed by atoms with Crippen molar-refractivity contribution in [2.24, 2.45) is 0 Å². The summed E-state index contributed by atoms with van der Waals surface area (Å²) < 4.78 is 6.07. The highest BCUT2D eigenvalue weighted by Gasteiger charge is 2.17. The van der Waals surface area contributed by atoms with Gasteiger partial charge >= 0.3 is 0 Å². The van der Waals surface area contributed by atoms with Crippen molar-refractivity contribution in [3.8, 4) is 5.75 Å². The Balaban J connectivity index is 2.14. The lowest BCUT2D eigenvalue weighted by Gasteiger charge is -2.16. The van der Waals surface area contributed by atoms with E-state index in [9.17, 15) is 5.11 Å². The lowest BCUT2D eigenvalue weighted by Crippen LogP contribution is -2.03. The second kappa shape index (κ2) is 5.84.